The first-order chi connectivity index (χ1) is 18.7. The van der Waals surface area contributed by atoms with Gasteiger partial charge in [-0.05, 0) is 28.8 Å². The molecule has 2 aromatic heterocycles. The Balaban J connectivity index is 0.00000370. The number of oxime groups is 1. The molecule has 16 nitrogen and oxygen atoms in total. The summed E-state index contributed by atoms with van der Waals surface area (Å²) in [5.41, 5.74) is 5.80. The number of nitrogens with one attached hydrogen (secondary N) is 2. The molecule has 206 valence electrons. The number of fused-ring (bicyclic) bond motifs is 1. The first-order valence-electron chi connectivity index (χ1n) is 11.5. The molecule has 0 aliphatic carbocycles. The van der Waals surface area contributed by atoms with Gasteiger partial charge >= 0.3 is 29.6 Å². The van der Waals surface area contributed by atoms with Crippen molar-refractivity contribution < 1.29 is 58.7 Å². The quantitative estimate of drug-likeness (QED) is 0.0787. The van der Waals surface area contributed by atoms with Crippen molar-refractivity contribution >= 4 is 69.4 Å². The Morgan fingerprint density at radius 3 is 2.85 bits per heavy atom. The van der Waals surface area contributed by atoms with Crippen molar-refractivity contribution in [1.29, 1.82) is 0 Å². The number of rotatable bonds is 9. The molecule has 0 spiro atoms. The summed E-state index contributed by atoms with van der Waals surface area (Å²) >= 11 is 3.60. The number of carboxylic acid groups (broad SMARTS) is 1. The van der Waals surface area contributed by atoms with Gasteiger partial charge in [0.25, 0.3) is 17.7 Å². The van der Waals surface area contributed by atoms with E-state index in [-0.39, 0.29) is 69.2 Å². The molecule has 0 saturated carbocycles. The summed E-state index contributed by atoms with van der Waals surface area (Å²) in [6.07, 6.45) is 0.230. The van der Waals surface area contributed by atoms with Crippen LogP contribution in [0.1, 0.15) is 18.5 Å². The second kappa shape index (κ2) is 12.9. The molecule has 3 atom stereocenters. The summed E-state index contributed by atoms with van der Waals surface area (Å²) in [6, 6.07) is -1.03. The number of aryl methyl sites for hydroxylation is 1. The summed E-state index contributed by atoms with van der Waals surface area (Å²) in [4.78, 5) is 60.9. The van der Waals surface area contributed by atoms with E-state index >= 15 is 0 Å². The Labute approximate surface area is 261 Å². The SMILES string of the molecule is Cn1nnnc1SCC1=C(C(=O)[O-])N2C(=O)[C@@H](NC(=O)/C(=N\OC3CCCNC3=O)c3csc(N)n3)[C@@H]2SC1.[Na+]. The predicted octanol–water partition coefficient (Wildman–Crippen LogP) is -5.55. The van der Waals surface area contributed by atoms with Gasteiger partial charge in [0.15, 0.2) is 10.8 Å². The maximum Gasteiger partial charge on any atom is 1.00 e. The van der Waals surface area contributed by atoms with Gasteiger partial charge in [-0.1, -0.05) is 16.9 Å². The van der Waals surface area contributed by atoms with Crippen molar-refractivity contribution in [3.05, 3.63) is 22.3 Å². The second-order valence-electron chi connectivity index (χ2n) is 8.51. The fraction of sp³-hybridized carbons (Fsp3) is 0.450. The molecule has 40 heavy (non-hydrogen) atoms. The van der Waals surface area contributed by atoms with E-state index in [2.05, 4.69) is 36.3 Å². The van der Waals surface area contributed by atoms with E-state index < -0.39 is 35.3 Å². The zero-order valence-electron chi connectivity index (χ0n) is 21.2. The Kier molecular flexibility index (Phi) is 9.72. The minimum absolute atomic E-state index is 0. The molecule has 3 amide bonds. The molecular weight excluding hydrogens is 595 g/mol. The number of anilines is 1. The van der Waals surface area contributed by atoms with E-state index in [1.165, 1.54) is 33.6 Å². The van der Waals surface area contributed by atoms with Gasteiger partial charge in [-0.2, -0.15) is 0 Å². The van der Waals surface area contributed by atoms with Crippen LogP contribution in [0.25, 0.3) is 0 Å². The molecule has 0 aromatic carbocycles. The number of carbonyl (C=O) groups excluding carboxylic acids is 4. The van der Waals surface area contributed by atoms with Crippen LogP contribution in [0.15, 0.2) is 27.0 Å². The average Bonchev–Trinajstić information content (AvgIpc) is 3.53. The third kappa shape index (κ3) is 6.13. The molecular formula is C20H21N10NaO6S3. The summed E-state index contributed by atoms with van der Waals surface area (Å²) in [6.45, 7) is 0.526. The maximum absolute atomic E-state index is 13.2. The number of nitrogens with zero attached hydrogens (tertiary/aromatic N) is 7. The smallest absolute Gasteiger partial charge is 0.543 e. The average molecular weight is 617 g/mol. The van der Waals surface area contributed by atoms with Crippen LogP contribution in [0.3, 0.4) is 0 Å². The minimum Gasteiger partial charge on any atom is -0.543 e. The number of amides is 3. The molecule has 2 fully saturated rings. The summed E-state index contributed by atoms with van der Waals surface area (Å²) in [5, 5.41) is 33.8. The molecule has 5 heterocycles. The van der Waals surface area contributed by atoms with Crippen LogP contribution in [0, 0.1) is 0 Å². The number of aliphatic carboxylic acids is 1. The van der Waals surface area contributed by atoms with Crippen molar-refractivity contribution in [1.82, 2.24) is 40.7 Å². The first-order valence-corrected chi connectivity index (χ1v) is 14.4. The van der Waals surface area contributed by atoms with Crippen molar-refractivity contribution in [3.8, 4) is 0 Å². The second-order valence-corrected chi connectivity index (χ2v) is 11.4. The maximum atomic E-state index is 13.2. The molecule has 5 rings (SSSR count). The van der Waals surface area contributed by atoms with Crippen LogP contribution in [0.5, 0.6) is 0 Å². The van der Waals surface area contributed by atoms with Crippen molar-refractivity contribution in [3.63, 3.8) is 0 Å². The number of carboxylic acids is 1. The normalized spacial score (nSPS) is 22.6. The third-order valence-corrected chi connectivity index (χ3v) is 9.08. The minimum atomic E-state index is -1.50. The zero-order valence-corrected chi connectivity index (χ0v) is 25.7. The van der Waals surface area contributed by atoms with E-state index in [4.69, 9.17) is 10.6 Å². The van der Waals surface area contributed by atoms with Crippen LogP contribution in [0.2, 0.25) is 0 Å². The Morgan fingerprint density at radius 1 is 1.40 bits per heavy atom. The van der Waals surface area contributed by atoms with Crippen LogP contribution < -0.4 is 51.0 Å². The predicted molar refractivity (Wildman–Crippen MR) is 137 cm³/mol. The number of carbonyl (C=O) groups is 4. The Morgan fingerprint density at radius 2 is 2.20 bits per heavy atom. The number of hydrogen-bond donors (Lipinski definition) is 3. The standard InChI is InChI=1S/C20H22N10O6S3.Na/c1-29-20(25-27-28-29)39-6-8-5-37-17-12(16(33)30(17)13(8)18(34)35)24-15(32)11(9-7-38-19(21)23-9)26-36-10-3-2-4-22-14(10)31;/h7,10,12,17H,2-6H2,1H3,(H2,21,23)(H,22,31)(H,24,32)(H,34,35);/q;+1/p-1/b26-11-;/t10?,12-,17+;/m1./s1. The fourth-order valence-corrected chi connectivity index (χ4v) is 6.93. The summed E-state index contributed by atoms with van der Waals surface area (Å²) in [5.74, 6) is -2.74. The number of nitrogens with two attached hydrogens (primary N) is 1. The number of tetrazole rings is 1. The molecule has 0 radical (unpaired) electrons. The fourth-order valence-electron chi connectivity index (χ4n) is 4.05. The van der Waals surface area contributed by atoms with Gasteiger partial charge in [0, 0.05) is 30.5 Å². The number of nitrogen functional groups attached to an aromatic ring is 1. The Bertz CT molecular complexity index is 1400. The van der Waals surface area contributed by atoms with Gasteiger partial charge in [0.2, 0.25) is 11.3 Å². The van der Waals surface area contributed by atoms with Crippen LogP contribution >= 0.6 is 34.9 Å². The van der Waals surface area contributed by atoms with Crippen molar-refractivity contribution in [2.75, 3.05) is 23.8 Å². The van der Waals surface area contributed by atoms with E-state index in [1.54, 1.807) is 7.05 Å². The van der Waals surface area contributed by atoms with Gasteiger partial charge in [-0.15, -0.1) is 28.2 Å². The molecule has 20 heteroatoms. The molecule has 4 N–H and O–H groups in total. The van der Waals surface area contributed by atoms with Crippen LogP contribution in [0.4, 0.5) is 5.13 Å². The zero-order chi connectivity index (χ0) is 27.7. The first kappa shape index (κ1) is 30.3. The number of thioether (sulfide) groups is 2. The monoisotopic (exact) mass is 616 g/mol. The number of piperidine rings is 1. The Hall–Kier alpha value is -2.71. The number of β-lactam (4-membered cyclic amide) rings is 1. The number of hydrogen-bond acceptors (Lipinski definition) is 15. The molecule has 2 saturated heterocycles. The molecule has 2 aromatic rings. The number of aromatic nitrogens is 5. The van der Waals surface area contributed by atoms with E-state index in [0.29, 0.717) is 30.1 Å². The third-order valence-electron chi connectivity index (χ3n) is 5.97. The van der Waals surface area contributed by atoms with E-state index in [9.17, 15) is 24.3 Å². The van der Waals surface area contributed by atoms with Crippen molar-refractivity contribution in [2.45, 2.75) is 35.5 Å². The molecule has 3 aliphatic rings. The van der Waals surface area contributed by atoms with Crippen LogP contribution in [-0.4, -0.2) is 95.1 Å². The van der Waals surface area contributed by atoms with E-state index in [1.807, 2.05) is 0 Å². The summed E-state index contributed by atoms with van der Waals surface area (Å²) in [7, 11) is 1.65. The van der Waals surface area contributed by atoms with Gasteiger partial charge in [-0.3, -0.25) is 19.3 Å². The number of thiazole rings is 1. The molecule has 1 unspecified atom stereocenters. The van der Waals surface area contributed by atoms with Gasteiger partial charge in [0.1, 0.15) is 17.1 Å². The summed E-state index contributed by atoms with van der Waals surface area (Å²) < 4.78 is 1.45. The van der Waals surface area contributed by atoms with Crippen molar-refractivity contribution in [2.24, 2.45) is 12.2 Å². The topological polar surface area (TPSA) is 223 Å². The largest absolute Gasteiger partial charge is 1.00 e. The van der Waals surface area contributed by atoms with Crippen LogP contribution in [-0.2, 0) is 31.1 Å². The van der Waals surface area contributed by atoms with Gasteiger partial charge in [-0.25, -0.2) is 9.67 Å². The van der Waals surface area contributed by atoms with Gasteiger partial charge < -0.3 is 31.1 Å². The molecule has 3 aliphatic heterocycles. The molecule has 0 bridgehead atoms. The van der Waals surface area contributed by atoms with E-state index in [0.717, 1.165) is 16.2 Å². The van der Waals surface area contributed by atoms with Gasteiger partial charge in [0.05, 0.1) is 11.7 Å².